The molecule has 3 aromatic rings. The first kappa shape index (κ1) is 23.4. The summed E-state index contributed by atoms with van der Waals surface area (Å²) in [6.45, 7) is 6.03. The third-order valence-electron chi connectivity index (χ3n) is 4.97. The maximum atomic E-state index is 13.2. The number of benzene rings is 2. The van der Waals surface area contributed by atoms with Crippen LogP contribution in [0.3, 0.4) is 0 Å². The minimum atomic E-state index is -0.551. The summed E-state index contributed by atoms with van der Waals surface area (Å²) in [6, 6.07) is 8.21. The SMILES string of the molecule is CCOc1cc(C=Nn2c([C@@H](C)CC)nc3ccc(Br)cc3c2=O)cc([N+](=O)[O-])c1OC. The molecule has 1 heterocycles. The molecule has 168 valence electrons. The summed E-state index contributed by atoms with van der Waals surface area (Å²) in [5, 5.41) is 16.3. The van der Waals surface area contributed by atoms with Crippen LogP contribution >= 0.6 is 15.9 Å². The topological polar surface area (TPSA) is 109 Å². The van der Waals surface area contributed by atoms with E-state index in [4.69, 9.17) is 9.47 Å². The van der Waals surface area contributed by atoms with E-state index in [2.05, 4.69) is 26.0 Å². The van der Waals surface area contributed by atoms with Crippen molar-refractivity contribution in [2.75, 3.05) is 13.7 Å². The Labute approximate surface area is 193 Å². The van der Waals surface area contributed by atoms with Gasteiger partial charge in [0.2, 0.25) is 5.75 Å². The van der Waals surface area contributed by atoms with Crippen LogP contribution in [0.2, 0.25) is 0 Å². The van der Waals surface area contributed by atoms with E-state index in [1.165, 1.54) is 24.1 Å². The van der Waals surface area contributed by atoms with Crippen molar-refractivity contribution in [3.63, 3.8) is 0 Å². The molecule has 0 amide bonds. The van der Waals surface area contributed by atoms with E-state index in [-0.39, 0.29) is 28.7 Å². The van der Waals surface area contributed by atoms with E-state index in [1.807, 2.05) is 19.9 Å². The minimum absolute atomic E-state index is 0.0305. The Bertz CT molecular complexity index is 1260. The Morgan fingerprint density at radius 1 is 1.31 bits per heavy atom. The van der Waals surface area contributed by atoms with E-state index < -0.39 is 4.92 Å². The maximum Gasteiger partial charge on any atom is 0.315 e. The molecule has 0 fully saturated rings. The van der Waals surface area contributed by atoms with Gasteiger partial charge in [0.25, 0.3) is 5.56 Å². The van der Waals surface area contributed by atoms with Crippen molar-refractivity contribution >= 4 is 38.7 Å². The molecule has 10 heteroatoms. The van der Waals surface area contributed by atoms with Gasteiger partial charge in [-0.25, -0.2) is 4.98 Å². The van der Waals surface area contributed by atoms with Crippen molar-refractivity contribution in [2.45, 2.75) is 33.1 Å². The number of nitro groups is 1. The molecule has 0 saturated carbocycles. The molecule has 0 spiro atoms. The van der Waals surface area contributed by atoms with Crippen LogP contribution in [0.5, 0.6) is 11.5 Å². The number of nitrogens with zero attached hydrogens (tertiary/aromatic N) is 4. The van der Waals surface area contributed by atoms with Gasteiger partial charge < -0.3 is 9.47 Å². The zero-order valence-electron chi connectivity index (χ0n) is 18.2. The molecule has 0 aliphatic carbocycles. The third kappa shape index (κ3) is 4.64. The molecule has 0 bridgehead atoms. The number of methoxy groups -OCH3 is 1. The van der Waals surface area contributed by atoms with Gasteiger partial charge in [-0.2, -0.15) is 9.78 Å². The highest BCUT2D eigenvalue weighted by molar-refractivity contribution is 9.10. The van der Waals surface area contributed by atoms with Crippen LogP contribution in [0.25, 0.3) is 10.9 Å². The lowest BCUT2D eigenvalue weighted by Gasteiger charge is -2.14. The molecule has 9 nitrogen and oxygen atoms in total. The standard InChI is InChI=1S/C22H23BrN4O5/c1-5-13(3)21-25-17-8-7-15(23)11-16(17)22(28)26(21)24-12-14-9-18(27(29)30)20(31-4)19(10-14)32-6-2/h7-13H,5-6H2,1-4H3/t13-/m0/s1. The molecule has 1 aromatic heterocycles. The Morgan fingerprint density at radius 3 is 2.69 bits per heavy atom. The number of nitro benzene ring substituents is 1. The van der Waals surface area contributed by atoms with Gasteiger partial charge in [0.05, 0.1) is 35.8 Å². The normalized spacial score (nSPS) is 12.3. The molecule has 0 aliphatic rings. The average Bonchev–Trinajstić information content (AvgIpc) is 2.78. The number of rotatable bonds is 8. The predicted octanol–water partition coefficient (Wildman–Crippen LogP) is 4.87. The highest BCUT2D eigenvalue weighted by atomic mass is 79.9. The summed E-state index contributed by atoms with van der Waals surface area (Å²) in [5.41, 5.74) is 0.391. The Hall–Kier alpha value is -3.27. The van der Waals surface area contributed by atoms with Crippen LogP contribution in [0.4, 0.5) is 5.69 Å². The van der Waals surface area contributed by atoms with Crippen LogP contribution in [0.1, 0.15) is 44.5 Å². The fourth-order valence-corrected chi connectivity index (χ4v) is 3.55. The van der Waals surface area contributed by atoms with Crippen molar-refractivity contribution < 1.29 is 14.4 Å². The molecule has 3 rings (SSSR count). The first-order valence-electron chi connectivity index (χ1n) is 10.1. The lowest BCUT2D eigenvalue weighted by atomic mass is 10.1. The molecule has 1 atom stereocenters. The first-order valence-corrected chi connectivity index (χ1v) is 10.9. The summed E-state index contributed by atoms with van der Waals surface area (Å²) < 4.78 is 12.7. The van der Waals surface area contributed by atoms with Crippen molar-refractivity contribution in [3.8, 4) is 11.5 Å². The number of halogens is 1. The summed E-state index contributed by atoms with van der Waals surface area (Å²) in [7, 11) is 1.34. The predicted molar refractivity (Wildman–Crippen MR) is 126 cm³/mol. The lowest BCUT2D eigenvalue weighted by Crippen LogP contribution is -2.23. The van der Waals surface area contributed by atoms with Gasteiger partial charge in [0.1, 0.15) is 5.82 Å². The molecular weight excluding hydrogens is 480 g/mol. The van der Waals surface area contributed by atoms with Gasteiger partial charge in [-0.15, -0.1) is 0 Å². The van der Waals surface area contributed by atoms with Crippen molar-refractivity contribution in [1.29, 1.82) is 0 Å². The van der Waals surface area contributed by atoms with Gasteiger partial charge in [-0.3, -0.25) is 14.9 Å². The minimum Gasteiger partial charge on any atom is -0.490 e. The zero-order chi connectivity index (χ0) is 23.4. The molecule has 2 aromatic carbocycles. The monoisotopic (exact) mass is 502 g/mol. The largest absolute Gasteiger partial charge is 0.490 e. The lowest BCUT2D eigenvalue weighted by molar-refractivity contribution is -0.385. The molecule has 32 heavy (non-hydrogen) atoms. The first-order chi connectivity index (χ1) is 15.3. The van der Waals surface area contributed by atoms with Crippen LogP contribution in [0, 0.1) is 10.1 Å². The van der Waals surface area contributed by atoms with Gasteiger partial charge in [0, 0.05) is 22.0 Å². The third-order valence-corrected chi connectivity index (χ3v) is 5.46. The van der Waals surface area contributed by atoms with Gasteiger partial charge in [-0.05, 0) is 37.6 Å². The fraction of sp³-hybridized carbons (Fsp3) is 0.318. The average molecular weight is 503 g/mol. The molecule has 0 saturated heterocycles. The molecule has 0 unspecified atom stereocenters. The summed E-state index contributed by atoms with van der Waals surface area (Å²) >= 11 is 3.38. The Balaban J connectivity index is 2.20. The Morgan fingerprint density at radius 2 is 2.06 bits per heavy atom. The number of ether oxygens (including phenoxy) is 2. The zero-order valence-corrected chi connectivity index (χ0v) is 19.7. The number of hydrogen-bond donors (Lipinski definition) is 0. The fourth-order valence-electron chi connectivity index (χ4n) is 3.19. The van der Waals surface area contributed by atoms with Gasteiger partial charge >= 0.3 is 5.69 Å². The number of aromatic nitrogens is 2. The Kier molecular flexibility index (Phi) is 7.24. The highest BCUT2D eigenvalue weighted by Gasteiger charge is 2.22. The van der Waals surface area contributed by atoms with Gasteiger partial charge in [-0.1, -0.05) is 29.8 Å². The van der Waals surface area contributed by atoms with Crippen molar-refractivity contribution in [3.05, 3.63) is 66.7 Å². The summed E-state index contributed by atoms with van der Waals surface area (Å²) in [4.78, 5) is 28.9. The van der Waals surface area contributed by atoms with Crippen molar-refractivity contribution in [1.82, 2.24) is 9.66 Å². The van der Waals surface area contributed by atoms with Crippen LogP contribution in [-0.2, 0) is 0 Å². The van der Waals surface area contributed by atoms with E-state index in [9.17, 15) is 14.9 Å². The van der Waals surface area contributed by atoms with Crippen LogP contribution < -0.4 is 15.0 Å². The second kappa shape index (κ2) is 9.90. The van der Waals surface area contributed by atoms with E-state index in [1.54, 1.807) is 25.1 Å². The summed E-state index contributed by atoms with van der Waals surface area (Å²) in [5.74, 6) is 0.734. The number of fused-ring (bicyclic) bond motifs is 1. The van der Waals surface area contributed by atoms with E-state index in [0.29, 0.717) is 28.9 Å². The van der Waals surface area contributed by atoms with E-state index in [0.717, 1.165) is 10.9 Å². The molecular formula is C22H23BrN4O5. The van der Waals surface area contributed by atoms with E-state index >= 15 is 0 Å². The quantitative estimate of drug-likeness (QED) is 0.247. The molecule has 0 aliphatic heterocycles. The second-order valence-corrected chi connectivity index (χ2v) is 7.98. The van der Waals surface area contributed by atoms with Crippen molar-refractivity contribution in [2.24, 2.45) is 5.10 Å². The van der Waals surface area contributed by atoms with Crippen LogP contribution in [0.15, 0.2) is 44.7 Å². The smallest absolute Gasteiger partial charge is 0.315 e. The second-order valence-electron chi connectivity index (χ2n) is 7.06. The maximum absolute atomic E-state index is 13.2. The molecule has 0 N–H and O–H groups in total. The summed E-state index contributed by atoms with van der Waals surface area (Å²) in [6.07, 6.45) is 2.14. The highest BCUT2D eigenvalue weighted by Crippen LogP contribution is 2.37. The van der Waals surface area contributed by atoms with Gasteiger partial charge in [0.15, 0.2) is 5.75 Å². The number of hydrogen-bond acceptors (Lipinski definition) is 7. The van der Waals surface area contributed by atoms with Crippen LogP contribution in [-0.4, -0.2) is 34.5 Å². The molecule has 0 radical (unpaired) electrons.